The minimum Gasteiger partial charge on any atom is -0.381 e. The van der Waals surface area contributed by atoms with Gasteiger partial charge in [-0.05, 0) is 51.2 Å². The van der Waals surface area contributed by atoms with E-state index < -0.39 is 0 Å². The molecule has 1 amide bonds. The zero-order valence-corrected chi connectivity index (χ0v) is 16.3. The SMILES string of the molecule is CC1CCCCN1c1ccc(N2CCN(C(=O)C3CCOCC3)CC2)nn1. The largest absolute Gasteiger partial charge is 0.381 e. The van der Waals surface area contributed by atoms with Crippen LogP contribution >= 0.6 is 0 Å². The number of amides is 1. The standard InChI is InChI=1S/C20H31N5O2/c1-16-4-2-3-9-25(16)19-6-5-18(21-22-19)23-10-12-24(13-11-23)20(26)17-7-14-27-15-8-17/h5-6,16-17H,2-4,7-15H2,1H3. The van der Waals surface area contributed by atoms with Crippen molar-refractivity contribution in [3.05, 3.63) is 12.1 Å². The summed E-state index contributed by atoms with van der Waals surface area (Å²) in [7, 11) is 0. The molecule has 0 radical (unpaired) electrons. The van der Waals surface area contributed by atoms with Gasteiger partial charge in [0.1, 0.15) is 0 Å². The summed E-state index contributed by atoms with van der Waals surface area (Å²) in [6.07, 6.45) is 5.49. The smallest absolute Gasteiger partial charge is 0.225 e. The first-order chi connectivity index (χ1) is 13.2. The van der Waals surface area contributed by atoms with Gasteiger partial charge in [-0.2, -0.15) is 0 Å². The lowest BCUT2D eigenvalue weighted by atomic mass is 9.98. The molecule has 0 aromatic carbocycles. The molecular weight excluding hydrogens is 342 g/mol. The molecule has 0 aliphatic carbocycles. The van der Waals surface area contributed by atoms with Crippen LogP contribution in [0.5, 0.6) is 0 Å². The second-order valence-electron chi connectivity index (χ2n) is 7.99. The Morgan fingerprint density at radius 3 is 2.33 bits per heavy atom. The minimum absolute atomic E-state index is 0.149. The summed E-state index contributed by atoms with van der Waals surface area (Å²) >= 11 is 0. The number of ether oxygens (including phenoxy) is 1. The van der Waals surface area contributed by atoms with E-state index in [2.05, 4.69) is 39.1 Å². The zero-order valence-electron chi connectivity index (χ0n) is 16.3. The molecular formula is C20H31N5O2. The Bertz CT molecular complexity index is 624. The van der Waals surface area contributed by atoms with E-state index >= 15 is 0 Å². The molecule has 0 spiro atoms. The average molecular weight is 374 g/mol. The zero-order chi connectivity index (χ0) is 18.6. The number of piperazine rings is 1. The third kappa shape index (κ3) is 4.18. The lowest BCUT2D eigenvalue weighted by Gasteiger charge is -2.37. The molecule has 4 heterocycles. The second kappa shape index (κ2) is 8.42. The molecule has 3 saturated heterocycles. The second-order valence-corrected chi connectivity index (χ2v) is 7.99. The van der Waals surface area contributed by atoms with Crippen molar-refractivity contribution >= 4 is 17.5 Å². The van der Waals surface area contributed by atoms with Crippen LogP contribution in [0.3, 0.4) is 0 Å². The molecule has 4 rings (SSSR count). The maximum Gasteiger partial charge on any atom is 0.225 e. The van der Waals surface area contributed by atoms with Crippen LogP contribution < -0.4 is 9.80 Å². The molecule has 0 saturated carbocycles. The van der Waals surface area contributed by atoms with Gasteiger partial charge in [0.05, 0.1) is 0 Å². The molecule has 1 aromatic heterocycles. The Kier molecular flexibility index (Phi) is 5.76. The van der Waals surface area contributed by atoms with Gasteiger partial charge in [0.15, 0.2) is 11.6 Å². The van der Waals surface area contributed by atoms with Crippen molar-refractivity contribution in [3.8, 4) is 0 Å². The van der Waals surface area contributed by atoms with E-state index in [1.807, 2.05) is 4.90 Å². The van der Waals surface area contributed by atoms with E-state index in [4.69, 9.17) is 4.74 Å². The fourth-order valence-corrected chi connectivity index (χ4v) is 4.44. The Labute approximate surface area is 161 Å². The molecule has 1 aromatic rings. The molecule has 7 nitrogen and oxygen atoms in total. The van der Waals surface area contributed by atoms with Crippen LogP contribution in [-0.4, -0.2) is 73.0 Å². The van der Waals surface area contributed by atoms with Gasteiger partial charge < -0.3 is 19.4 Å². The molecule has 7 heteroatoms. The van der Waals surface area contributed by atoms with Gasteiger partial charge in [0.25, 0.3) is 0 Å². The molecule has 3 fully saturated rings. The number of carbonyl (C=O) groups excluding carboxylic acids is 1. The van der Waals surface area contributed by atoms with Crippen LogP contribution in [0.1, 0.15) is 39.0 Å². The summed E-state index contributed by atoms with van der Waals surface area (Å²) < 4.78 is 5.37. The summed E-state index contributed by atoms with van der Waals surface area (Å²) in [5.41, 5.74) is 0. The molecule has 0 bridgehead atoms. The van der Waals surface area contributed by atoms with Gasteiger partial charge >= 0.3 is 0 Å². The number of carbonyl (C=O) groups is 1. The minimum atomic E-state index is 0.149. The van der Waals surface area contributed by atoms with Crippen LogP contribution in [0.4, 0.5) is 11.6 Å². The van der Waals surface area contributed by atoms with Gasteiger partial charge in [0.2, 0.25) is 5.91 Å². The maximum atomic E-state index is 12.7. The highest BCUT2D eigenvalue weighted by Gasteiger charge is 2.29. The molecule has 1 atom stereocenters. The first-order valence-corrected chi connectivity index (χ1v) is 10.4. The molecule has 3 aliphatic rings. The van der Waals surface area contributed by atoms with Gasteiger partial charge in [0, 0.05) is 57.9 Å². The topological polar surface area (TPSA) is 61.8 Å². The quantitative estimate of drug-likeness (QED) is 0.807. The van der Waals surface area contributed by atoms with E-state index in [0.717, 1.165) is 57.2 Å². The highest BCUT2D eigenvalue weighted by Crippen LogP contribution is 2.24. The Morgan fingerprint density at radius 1 is 0.963 bits per heavy atom. The summed E-state index contributed by atoms with van der Waals surface area (Å²) in [5, 5.41) is 8.98. The van der Waals surface area contributed by atoms with Gasteiger partial charge in [-0.15, -0.1) is 10.2 Å². The van der Waals surface area contributed by atoms with E-state index in [1.54, 1.807) is 0 Å². The van der Waals surface area contributed by atoms with Crippen LogP contribution in [0.25, 0.3) is 0 Å². The maximum absolute atomic E-state index is 12.7. The van der Waals surface area contributed by atoms with E-state index in [1.165, 1.54) is 19.3 Å². The third-order valence-electron chi connectivity index (χ3n) is 6.22. The number of piperidine rings is 1. The lowest BCUT2D eigenvalue weighted by molar-refractivity contribution is -0.138. The summed E-state index contributed by atoms with van der Waals surface area (Å²) in [6.45, 7) is 7.95. The van der Waals surface area contributed by atoms with Crippen molar-refractivity contribution in [2.24, 2.45) is 5.92 Å². The Hall–Kier alpha value is -1.89. The molecule has 148 valence electrons. The van der Waals surface area contributed by atoms with Gasteiger partial charge in [-0.1, -0.05) is 0 Å². The van der Waals surface area contributed by atoms with E-state index in [0.29, 0.717) is 25.2 Å². The number of rotatable bonds is 3. The highest BCUT2D eigenvalue weighted by atomic mass is 16.5. The fraction of sp³-hybridized carbons (Fsp3) is 0.750. The van der Waals surface area contributed by atoms with Crippen molar-refractivity contribution in [2.45, 2.75) is 45.1 Å². The van der Waals surface area contributed by atoms with Crippen LogP contribution in [0.15, 0.2) is 12.1 Å². The normalized spacial score (nSPS) is 24.9. The fourth-order valence-electron chi connectivity index (χ4n) is 4.44. The van der Waals surface area contributed by atoms with Crippen LogP contribution in [0.2, 0.25) is 0 Å². The van der Waals surface area contributed by atoms with Crippen molar-refractivity contribution in [1.82, 2.24) is 15.1 Å². The molecule has 3 aliphatic heterocycles. The molecule has 27 heavy (non-hydrogen) atoms. The van der Waals surface area contributed by atoms with Gasteiger partial charge in [-0.25, -0.2) is 0 Å². The lowest BCUT2D eigenvalue weighted by Crippen LogP contribution is -2.51. The predicted octanol–water partition coefficient (Wildman–Crippen LogP) is 1.93. The number of hydrogen-bond donors (Lipinski definition) is 0. The summed E-state index contributed by atoms with van der Waals surface area (Å²) in [5.74, 6) is 2.36. The third-order valence-corrected chi connectivity index (χ3v) is 6.22. The summed E-state index contributed by atoms with van der Waals surface area (Å²) in [6, 6.07) is 4.72. The number of hydrogen-bond acceptors (Lipinski definition) is 6. The van der Waals surface area contributed by atoms with Gasteiger partial charge in [-0.3, -0.25) is 4.79 Å². The van der Waals surface area contributed by atoms with Crippen molar-refractivity contribution in [1.29, 1.82) is 0 Å². The Morgan fingerprint density at radius 2 is 1.67 bits per heavy atom. The first kappa shape index (κ1) is 18.5. The molecule has 1 unspecified atom stereocenters. The number of aromatic nitrogens is 2. The highest BCUT2D eigenvalue weighted by molar-refractivity contribution is 5.79. The van der Waals surface area contributed by atoms with Crippen molar-refractivity contribution < 1.29 is 9.53 Å². The van der Waals surface area contributed by atoms with E-state index in [9.17, 15) is 4.79 Å². The number of nitrogens with zero attached hydrogens (tertiary/aromatic N) is 5. The number of anilines is 2. The molecule has 0 N–H and O–H groups in total. The van der Waals surface area contributed by atoms with Crippen LogP contribution in [-0.2, 0) is 9.53 Å². The van der Waals surface area contributed by atoms with Crippen molar-refractivity contribution in [3.63, 3.8) is 0 Å². The first-order valence-electron chi connectivity index (χ1n) is 10.4. The summed E-state index contributed by atoms with van der Waals surface area (Å²) in [4.78, 5) is 19.3. The predicted molar refractivity (Wildman–Crippen MR) is 105 cm³/mol. The monoisotopic (exact) mass is 373 g/mol. The average Bonchev–Trinajstić information content (AvgIpc) is 2.74. The van der Waals surface area contributed by atoms with Crippen LogP contribution in [0, 0.1) is 5.92 Å². The van der Waals surface area contributed by atoms with E-state index in [-0.39, 0.29) is 5.92 Å². The Balaban J connectivity index is 1.32. The van der Waals surface area contributed by atoms with Crippen molar-refractivity contribution in [2.75, 3.05) is 55.7 Å².